The largest absolute Gasteiger partial charge is 0.412 e. The van der Waals surface area contributed by atoms with Crippen LogP contribution in [0.25, 0.3) is 0 Å². The Hall–Kier alpha value is -1.16. The van der Waals surface area contributed by atoms with Gasteiger partial charge in [-0.15, -0.1) is 0 Å². The van der Waals surface area contributed by atoms with Gasteiger partial charge < -0.3 is 5.48 Å². The van der Waals surface area contributed by atoms with Crippen molar-refractivity contribution in [3.8, 4) is 0 Å². The Kier molecular flexibility index (Phi) is 6.81. The summed E-state index contributed by atoms with van der Waals surface area (Å²) in [5.74, 6) is -47.4. The van der Waals surface area contributed by atoms with Gasteiger partial charge in [-0.25, -0.2) is 17.6 Å². The van der Waals surface area contributed by atoms with Gasteiger partial charge in [-0.05, 0) is 0 Å². The minimum atomic E-state index is -8.28. The Morgan fingerprint density at radius 2 is 0.520 bits per heavy atom. The summed E-state index contributed by atoms with van der Waals surface area (Å²) in [6.45, 7) is 0. The van der Waals surface area contributed by atoms with Crippen molar-refractivity contribution in [3.63, 3.8) is 0 Å². The third-order valence-corrected chi connectivity index (χ3v) is 2.57. The van der Waals surface area contributed by atoms with Gasteiger partial charge in [-0.3, -0.25) is 0 Å². The number of rotatable bonds is 7. The first-order valence-electron chi connectivity index (χ1n) is 4.97. The topological polar surface area (TPSA) is 31.5 Å². The second kappa shape index (κ2) is 6.53. The van der Waals surface area contributed by atoms with Crippen LogP contribution in [0.2, 0.25) is 0 Å². The molecule has 0 aliphatic carbocycles. The molecule has 0 rings (SSSR count). The standard InChI is InChI=1S/C8H2F16.H2O/c9-1(10)3(13,14)5(17,18)7(21,22)8(23,24)6(19,20)4(15,16)2(11)12;/h1-2H;1H2. The molecule has 25 heavy (non-hydrogen) atoms. The first kappa shape index (κ1) is 26.1. The third kappa shape index (κ3) is 3.18. The van der Waals surface area contributed by atoms with Crippen LogP contribution in [-0.4, -0.2) is 53.9 Å². The summed E-state index contributed by atoms with van der Waals surface area (Å²) in [5, 5.41) is 0. The fourth-order valence-corrected chi connectivity index (χ4v) is 1.09. The normalized spacial score (nSPS) is 15.6. The third-order valence-electron chi connectivity index (χ3n) is 2.57. The zero-order valence-electron chi connectivity index (χ0n) is 10.7. The van der Waals surface area contributed by atoms with Crippen molar-refractivity contribution < 1.29 is 75.7 Å². The zero-order chi connectivity index (χ0) is 20.2. The van der Waals surface area contributed by atoms with Gasteiger partial charge in [0, 0.05) is 0 Å². The molecule has 0 aromatic heterocycles. The molecule has 0 atom stereocenters. The average molecular weight is 420 g/mol. The molecule has 0 bridgehead atoms. The Bertz CT molecular complexity index is 411. The zero-order valence-corrected chi connectivity index (χ0v) is 10.7. The van der Waals surface area contributed by atoms with Gasteiger partial charge in [0.2, 0.25) is 0 Å². The van der Waals surface area contributed by atoms with E-state index in [9.17, 15) is 70.2 Å². The van der Waals surface area contributed by atoms with E-state index < -0.39 is 48.4 Å². The molecule has 0 aromatic rings. The molecule has 0 aromatic carbocycles. The average Bonchev–Trinajstić information content (AvgIpc) is 2.36. The molecule has 2 N–H and O–H groups in total. The molecule has 0 spiro atoms. The molecule has 1 nitrogen and oxygen atoms in total. The van der Waals surface area contributed by atoms with E-state index in [0.717, 1.165) is 0 Å². The van der Waals surface area contributed by atoms with Crippen LogP contribution in [0.5, 0.6) is 0 Å². The second-order valence-corrected chi connectivity index (χ2v) is 4.14. The first-order chi connectivity index (χ1) is 10.1. The highest BCUT2D eigenvalue weighted by molar-refractivity contribution is 5.12. The van der Waals surface area contributed by atoms with Crippen molar-refractivity contribution in [2.45, 2.75) is 48.4 Å². The molecule has 0 aliphatic rings. The van der Waals surface area contributed by atoms with E-state index in [4.69, 9.17) is 0 Å². The van der Waals surface area contributed by atoms with Crippen molar-refractivity contribution in [1.82, 2.24) is 0 Å². The van der Waals surface area contributed by atoms with Crippen LogP contribution in [0.1, 0.15) is 0 Å². The molecule has 0 fully saturated rings. The van der Waals surface area contributed by atoms with E-state index in [0.29, 0.717) is 0 Å². The Labute approximate surface area is 125 Å². The quantitative estimate of drug-likeness (QED) is 0.544. The molecule has 0 radical (unpaired) electrons. The number of alkyl halides is 16. The Morgan fingerprint density at radius 3 is 0.640 bits per heavy atom. The van der Waals surface area contributed by atoms with E-state index in [1.807, 2.05) is 0 Å². The molecule has 0 unspecified atom stereocenters. The fourth-order valence-electron chi connectivity index (χ4n) is 1.09. The molecular weight excluding hydrogens is 416 g/mol. The van der Waals surface area contributed by atoms with Gasteiger partial charge in [0.05, 0.1) is 0 Å². The monoisotopic (exact) mass is 420 g/mol. The summed E-state index contributed by atoms with van der Waals surface area (Å²) in [5.41, 5.74) is 0. The van der Waals surface area contributed by atoms with Gasteiger partial charge >= 0.3 is 48.4 Å². The van der Waals surface area contributed by atoms with E-state index in [1.165, 1.54) is 0 Å². The molecule has 0 saturated carbocycles. The van der Waals surface area contributed by atoms with Gasteiger partial charge in [0.25, 0.3) is 0 Å². The summed E-state index contributed by atoms with van der Waals surface area (Å²) in [6.07, 6.45) is -11.6. The predicted octanol–water partition coefficient (Wildman–Crippen LogP) is 4.50. The highest BCUT2D eigenvalue weighted by atomic mass is 19.4. The predicted molar refractivity (Wildman–Crippen MR) is 45.3 cm³/mol. The highest BCUT2D eigenvalue weighted by Crippen LogP contribution is 2.61. The summed E-state index contributed by atoms with van der Waals surface area (Å²) < 4.78 is 197. The van der Waals surface area contributed by atoms with E-state index in [1.54, 1.807) is 0 Å². The maximum absolute atomic E-state index is 12.8. The molecule has 0 amide bonds. The Balaban J connectivity index is 0. The fraction of sp³-hybridized carbons (Fsp3) is 1.00. The minimum Gasteiger partial charge on any atom is -0.412 e. The SMILES string of the molecule is FC(F)C(F)(F)C(F)(F)C(F)(F)C(F)(F)C(F)(F)C(F)(F)C(F)F.O. The van der Waals surface area contributed by atoms with Crippen molar-refractivity contribution >= 4 is 0 Å². The van der Waals surface area contributed by atoms with Gasteiger partial charge in [0.15, 0.2) is 0 Å². The smallest absolute Gasteiger partial charge is 0.384 e. The van der Waals surface area contributed by atoms with Crippen LogP contribution in [0.3, 0.4) is 0 Å². The highest BCUT2D eigenvalue weighted by Gasteiger charge is 2.92. The van der Waals surface area contributed by atoms with E-state index in [-0.39, 0.29) is 5.48 Å². The molecule has 17 heteroatoms. The second-order valence-electron chi connectivity index (χ2n) is 4.14. The van der Waals surface area contributed by atoms with Crippen molar-refractivity contribution in [2.24, 2.45) is 0 Å². The van der Waals surface area contributed by atoms with Gasteiger partial charge in [-0.2, -0.15) is 52.7 Å². The summed E-state index contributed by atoms with van der Waals surface area (Å²) in [6, 6.07) is 0. The lowest BCUT2D eigenvalue weighted by Gasteiger charge is -2.40. The lowest BCUT2D eigenvalue weighted by Crippen LogP contribution is -2.72. The van der Waals surface area contributed by atoms with Crippen molar-refractivity contribution in [3.05, 3.63) is 0 Å². The lowest BCUT2D eigenvalue weighted by atomic mass is 9.91. The van der Waals surface area contributed by atoms with Gasteiger partial charge in [-0.1, -0.05) is 0 Å². The van der Waals surface area contributed by atoms with Crippen molar-refractivity contribution in [1.29, 1.82) is 0 Å². The molecule has 0 saturated heterocycles. The van der Waals surface area contributed by atoms with Gasteiger partial charge in [0.1, 0.15) is 0 Å². The summed E-state index contributed by atoms with van der Waals surface area (Å²) in [4.78, 5) is 0. The maximum Gasteiger partial charge on any atom is 0.384 e. The van der Waals surface area contributed by atoms with Crippen molar-refractivity contribution in [2.75, 3.05) is 0 Å². The molecule has 0 heterocycles. The van der Waals surface area contributed by atoms with Crippen LogP contribution >= 0.6 is 0 Å². The maximum atomic E-state index is 12.8. The Morgan fingerprint density at radius 1 is 0.360 bits per heavy atom. The molecule has 0 aliphatic heterocycles. The van der Waals surface area contributed by atoms with Crippen LogP contribution in [0, 0.1) is 0 Å². The van der Waals surface area contributed by atoms with E-state index in [2.05, 4.69) is 0 Å². The number of halogens is 16. The van der Waals surface area contributed by atoms with Crippen LogP contribution in [0.15, 0.2) is 0 Å². The number of hydrogen-bond acceptors (Lipinski definition) is 0. The minimum absolute atomic E-state index is 0. The van der Waals surface area contributed by atoms with Crippen LogP contribution < -0.4 is 0 Å². The first-order valence-corrected chi connectivity index (χ1v) is 4.97. The summed E-state index contributed by atoms with van der Waals surface area (Å²) in [7, 11) is 0. The number of hydrogen-bond donors (Lipinski definition) is 0. The van der Waals surface area contributed by atoms with Crippen LogP contribution in [0.4, 0.5) is 70.2 Å². The summed E-state index contributed by atoms with van der Waals surface area (Å²) >= 11 is 0. The van der Waals surface area contributed by atoms with E-state index >= 15 is 0 Å². The lowest BCUT2D eigenvalue weighted by molar-refractivity contribution is -0.439. The molecular formula is C8H4F16O. The van der Waals surface area contributed by atoms with Crippen LogP contribution in [-0.2, 0) is 0 Å². The molecule has 154 valence electrons.